The third kappa shape index (κ3) is 4.17. The maximum absolute atomic E-state index is 12.0. The Bertz CT molecular complexity index is 781. The monoisotopic (exact) mass is 368 g/mol. The van der Waals surface area contributed by atoms with Crippen LogP contribution in [0.25, 0.3) is 0 Å². The zero-order valence-corrected chi connectivity index (χ0v) is 14.9. The molecular formula is C16H14Cl2N2O2S. The number of benzene rings is 1. The summed E-state index contributed by atoms with van der Waals surface area (Å²) in [6, 6.07) is 6.92. The van der Waals surface area contributed by atoms with Crippen LogP contribution >= 0.6 is 34.5 Å². The summed E-state index contributed by atoms with van der Waals surface area (Å²) in [5.74, 6) is 0.0275. The third-order valence-electron chi connectivity index (χ3n) is 3.18. The predicted octanol–water partition coefficient (Wildman–Crippen LogP) is 4.81. The van der Waals surface area contributed by atoms with Crippen molar-refractivity contribution in [2.24, 2.45) is 0 Å². The molecule has 0 fully saturated rings. The molecule has 0 bridgehead atoms. The number of halogens is 2. The zero-order chi connectivity index (χ0) is 17.0. The molecule has 1 aromatic heterocycles. The van der Waals surface area contributed by atoms with E-state index in [1.807, 2.05) is 13.8 Å². The quantitative estimate of drug-likeness (QED) is 0.822. The summed E-state index contributed by atoms with van der Waals surface area (Å²) in [6.45, 7) is 3.71. The molecule has 2 aromatic rings. The summed E-state index contributed by atoms with van der Waals surface area (Å²) < 4.78 is 5.38. The highest BCUT2D eigenvalue weighted by molar-refractivity contribution is 7.16. The van der Waals surface area contributed by atoms with Gasteiger partial charge in [0.15, 0.2) is 6.61 Å². The molecule has 0 unspecified atom stereocenters. The number of rotatable bonds is 5. The van der Waals surface area contributed by atoms with Crippen molar-refractivity contribution in [2.45, 2.75) is 20.3 Å². The van der Waals surface area contributed by atoms with E-state index >= 15 is 0 Å². The fourth-order valence-corrected chi connectivity index (χ4v) is 3.68. The van der Waals surface area contributed by atoms with E-state index < -0.39 is 0 Å². The first-order valence-corrected chi connectivity index (χ1v) is 8.43. The number of aryl methyl sites for hydroxylation is 1. The van der Waals surface area contributed by atoms with Crippen molar-refractivity contribution >= 4 is 45.4 Å². The summed E-state index contributed by atoms with van der Waals surface area (Å²) >= 11 is 13.2. The Balaban J connectivity index is 2.04. The molecule has 1 amide bonds. The number of amides is 1. The lowest BCUT2D eigenvalue weighted by molar-refractivity contribution is -0.118. The van der Waals surface area contributed by atoms with Gasteiger partial charge in [-0.1, -0.05) is 30.1 Å². The van der Waals surface area contributed by atoms with Gasteiger partial charge in [-0.25, -0.2) is 0 Å². The average Bonchev–Trinajstić information content (AvgIpc) is 2.80. The fourth-order valence-electron chi connectivity index (χ4n) is 2.11. The van der Waals surface area contributed by atoms with Crippen molar-refractivity contribution < 1.29 is 9.53 Å². The molecule has 2 rings (SSSR count). The van der Waals surface area contributed by atoms with E-state index in [2.05, 4.69) is 11.4 Å². The molecule has 7 heteroatoms. The molecule has 0 atom stereocenters. The van der Waals surface area contributed by atoms with E-state index in [1.54, 1.807) is 18.2 Å². The molecule has 0 aliphatic rings. The highest BCUT2D eigenvalue weighted by atomic mass is 35.5. The summed E-state index contributed by atoms with van der Waals surface area (Å²) in [4.78, 5) is 13.1. The first kappa shape index (κ1) is 17.6. The Morgan fingerprint density at radius 3 is 2.78 bits per heavy atom. The molecule has 1 heterocycles. The number of nitriles is 1. The lowest BCUT2D eigenvalue weighted by atomic mass is 10.1. The van der Waals surface area contributed by atoms with E-state index in [-0.39, 0.29) is 12.5 Å². The van der Waals surface area contributed by atoms with Gasteiger partial charge in [0.2, 0.25) is 0 Å². The summed E-state index contributed by atoms with van der Waals surface area (Å²) in [6.07, 6.45) is 0.748. The minimum Gasteiger partial charge on any atom is -0.482 e. The number of nitrogens with zero attached hydrogens (tertiary/aromatic N) is 1. The number of carbonyl (C=O) groups excluding carboxylic acids is 1. The van der Waals surface area contributed by atoms with Gasteiger partial charge >= 0.3 is 0 Å². The van der Waals surface area contributed by atoms with Gasteiger partial charge in [-0.2, -0.15) is 5.26 Å². The molecule has 0 spiro atoms. The molecule has 0 aliphatic heterocycles. The van der Waals surface area contributed by atoms with Gasteiger partial charge in [0, 0.05) is 9.90 Å². The largest absolute Gasteiger partial charge is 0.482 e. The van der Waals surface area contributed by atoms with Crippen LogP contribution in [0.5, 0.6) is 5.75 Å². The maximum atomic E-state index is 12.0. The fraction of sp³-hybridized carbons (Fsp3) is 0.250. The van der Waals surface area contributed by atoms with Gasteiger partial charge in [0.1, 0.15) is 16.8 Å². The average molecular weight is 369 g/mol. The Kier molecular flexibility index (Phi) is 5.89. The van der Waals surface area contributed by atoms with Crippen LogP contribution in [0.15, 0.2) is 18.2 Å². The van der Waals surface area contributed by atoms with E-state index in [4.69, 9.17) is 27.9 Å². The molecule has 0 saturated carbocycles. The molecular weight excluding hydrogens is 355 g/mol. The Morgan fingerprint density at radius 2 is 2.17 bits per heavy atom. The van der Waals surface area contributed by atoms with Crippen LogP contribution in [-0.2, 0) is 11.2 Å². The molecule has 4 nitrogen and oxygen atoms in total. The topological polar surface area (TPSA) is 62.1 Å². The van der Waals surface area contributed by atoms with E-state index in [9.17, 15) is 10.1 Å². The number of anilines is 1. The van der Waals surface area contributed by atoms with E-state index in [0.29, 0.717) is 26.4 Å². The van der Waals surface area contributed by atoms with Crippen LogP contribution in [0.2, 0.25) is 10.0 Å². The number of carbonyl (C=O) groups is 1. The molecule has 0 radical (unpaired) electrons. The zero-order valence-electron chi connectivity index (χ0n) is 12.6. The highest BCUT2D eigenvalue weighted by Gasteiger charge is 2.16. The molecule has 1 aromatic carbocycles. The van der Waals surface area contributed by atoms with Gasteiger partial charge in [-0.05, 0) is 37.1 Å². The molecule has 0 aliphatic carbocycles. The van der Waals surface area contributed by atoms with Crippen molar-refractivity contribution in [1.82, 2.24) is 0 Å². The molecule has 0 saturated heterocycles. The van der Waals surface area contributed by atoms with Crippen molar-refractivity contribution in [2.75, 3.05) is 11.9 Å². The van der Waals surface area contributed by atoms with Gasteiger partial charge in [0.05, 0.1) is 10.6 Å². The summed E-state index contributed by atoms with van der Waals surface area (Å²) in [5.41, 5.74) is 1.49. The van der Waals surface area contributed by atoms with Crippen LogP contribution in [0, 0.1) is 18.3 Å². The second-order valence-electron chi connectivity index (χ2n) is 4.72. The second-order valence-corrected chi connectivity index (χ2v) is 6.79. The van der Waals surface area contributed by atoms with E-state index in [1.165, 1.54) is 11.3 Å². The van der Waals surface area contributed by atoms with Crippen LogP contribution < -0.4 is 10.1 Å². The highest BCUT2D eigenvalue weighted by Crippen LogP contribution is 2.33. The van der Waals surface area contributed by atoms with Crippen LogP contribution in [0.4, 0.5) is 5.00 Å². The standard InChI is InChI=1S/C16H14Cl2N2O2S/c1-3-11-9(2)23-16(12(11)7-19)20-15(21)8-22-14-5-4-10(17)6-13(14)18/h4-6H,3,8H2,1-2H3,(H,20,21). The van der Waals surface area contributed by atoms with Crippen LogP contribution in [0.3, 0.4) is 0 Å². The second kappa shape index (κ2) is 7.69. The van der Waals surface area contributed by atoms with Gasteiger partial charge in [0.25, 0.3) is 5.91 Å². The summed E-state index contributed by atoms with van der Waals surface area (Å²) in [5, 5.41) is 13.4. The third-order valence-corrected chi connectivity index (χ3v) is 4.77. The Hall–Kier alpha value is -1.74. The SMILES string of the molecule is CCc1c(C)sc(NC(=O)COc2ccc(Cl)cc2Cl)c1C#N. The lowest BCUT2D eigenvalue weighted by Crippen LogP contribution is -2.20. The normalized spacial score (nSPS) is 10.2. The van der Waals surface area contributed by atoms with Crippen molar-refractivity contribution in [1.29, 1.82) is 5.26 Å². The Morgan fingerprint density at radius 1 is 1.43 bits per heavy atom. The number of hydrogen-bond donors (Lipinski definition) is 1. The van der Waals surface area contributed by atoms with Crippen molar-refractivity contribution in [3.05, 3.63) is 44.2 Å². The van der Waals surface area contributed by atoms with Gasteiger partial charge in [-0.15, -0.1) is 11.3 Å². The minimum absolute atomic E-state index is 0.204. The number of ether oxygens (including phenoxy) is 1. The van der Waals surface area contributed by atoms with Crippen molar-refractivity contribution in [3.8, 4) is 11.8 Å². The van der Waals surface area contributed by atoms with Gasteiger partial charge in [-0.3, -0.25) is 4.79 Å². The first-order chi connectivity index (χ1) is 11.0. The number of hydrogen-bond acceptors (Lipinski definition) is 4. The van der Waals surface area contributed by atoms with Crippen molar-refractivity contribution in [3.63, 3.8) is 0 Å². The maximum Gasteiger partial charge on any atom is 0.262 e. The van der Waals surface area contributed by atoms with E-state index in [0.717, 1.165) is 16.9 Å². The predicted molar refractivity (Wildman–Crippen MR) is 93.7 cm³/mol. The molecule has 120 valence electrons. The minimum atomic E-state index is -0.351. The number of nitrogens with one attached hydrogen (secondary N) is 1. The van der Waals surface area contributed by atoms with Crippen LogP contribution in [-0.4, -0.2) is 12.5 Å². The molecule has 1 N–H and O–H groups in total. The van der Waals surface area contributed by atoms with Gasteiger partial charge < -0.3 is 10.1 Å². The number of thiophene rings is 1. The van der Waals surface area contributed by atoms with Crippen LogP contribution in [0.1, 0.15) is 22.9 Å². The summed E-state index contributed by atoms with van der Waals surface area (Å²) in [7, 11) is 0. The molecule has 23 heavy (non-hydrogen) atoms. The first-order valence-electron chi connectivity index (χ1n) is 6.86. The lowest BCUT2D eigenvalue weighted by Gasteiger charge is -2.08. The smallest absolute Gasteiger partial charge is 0.262 e. The Labute approximate surface area is 148 Å².